The molecular formula is C30H26FN3O2S. The topological polar surface area (TPSA) is 46.8 Å². The van der Waals surface area contributed by atoms with Crippen LogP contribution in [0.15, 0.2) is 94.8 Å². The van der Waals surface area contributed by atoms with E-state index >= 15 is 0 Å². The Labute approximate surface area is 219 Å². The van der Waals surface area contributed by atoms with Crippen LogP contribution in [0, 0.1) is 19.7 Å². The highest BCUT2D eigenvalue weighted by molar-refractivity contribution is 8.18. The molecule has 5 nitrogen and oxygen atoms in total. The Morgan fingerprint density at radius 2 is 1.68 bits per heavy atom. The zero-order chi connectivity index (χ0) is 25.9. The minimum Gasteiger partial charge on any atom is -0.497 e. The monoisotopic (exact) mass is 511 g/mol. The van der Waals surface area contributed by atoms with Crippen LogP contribution >= 0.6 is 11.8 Å². The number of hydrogen-bond donors (Lipinski definition) is 0. The zero-order valence-electron chi connectivity index (χ0n) is 20.8. The molecule has 2 heterocycles. The van der Waals surface area contributed by atoms with Gasteiger partial charge in [0, 0.05) is 11.4 Å². The summed E-state index contributed by atoms with van der Waals surface area (Å²) in [6.45, 7) is 4.25. The lowest BCUT2D eigenvalue weighted by Crippen LogP contribution is -2.28. The number of benzene rings is 3. The lowest BCUT2D eigenvalue weighted by atomic mass is 10.2. The average molecular weight is 512 g/mol. The van der Waals surface area contributed by atoms with Crippen LogP contribution in [0.25, 0.3) is 11.8 Å². The minimum absolute atomic E-state index is 0.119. The highest BCUT2D eigenvalue weighted by atomic mass is 32.2. The molecule has 1 saturated heterocycles. The van der Waals surface area contributed by atoms with Crippen LogP contribution in [0.2, 0.25) is 0 Å². The fraction of sp³-hybridized carbons (Fsp3) is 0.133. The number of rotatable bonds is 6. The summed E-state index contributed by atoms with van der Waals surface area (Å²) >= 11 is 1.35. The van der Waals surface area contributed by atoms with E-state index < -0.39 is 0 Å². The van der Waals surface area contributed by atoms with E-state index in [0.29, 0.717) is 22.3 Å². The second kappa shape index (κ2) is 10.5. The fourth-order valence-electron chi connectivity index (χ4n) is 4.34. The summed E-state index contributed by atoms with van der Waals surface area (Å²) in [5.74, 6) is 0.346. The third-order valence-electron chi connectivity index (χ3n) is 6.22. The first kappa shape index (κ1) is 24.6. The molecular weight excluding hydrogens is 485 g/mol. The molecule has 1 amide bonds. The molecule has 0 radical (unpaired) electrons. The fourth-order valence-corrected chi connectivity index (χ4v) is 5.32. The predicted molar refractivity (Wildman–Crippen MR) is 148 cm³/mol. The molecule has 0 atom stereocenters. The predicted octanol–water partition coefficient (Wildman–Crippen LogP) is 7.05. The van der Waals surface area contributed by atoms with Crippen LogP contribution in [-0.2, 0) is 11.3 Å². The van der Waals surface area contributed by atoms with Crippen molar-refractivity contribution in [2.45, 2.75) is 20.4 Å². The molecule has 1 aromatic heterocycles. The van der Waals surface area contributed by atoms with Gasteiger partial charge in [-0.25, -0.2) is 9.38 Å². The summed E-state index contributed by atoms with van der Waals surface area (Å²) < 4.78 is 21.7. The van der Waals surface area contributed by atoms with E-state index in [2.05, 4.69) is 0 Å². The highest BCUT2D eigenvalue weighted by Crippen LogP contribution is 2.36. The molecule has 0 bridgehead atoms. The van der Waals surface area contributed by atoms with Gasteiger partial charge >= 0.3 is 0 Å². The van der Waals surface area contributed by atoms with Crippen molar-refractivity contribution in [3.8, 4) is 11.4 Å². The van der Waals surface area contributed by atoms with Gasteiger partial charge in [0.2, 0.25) is 0 Å². The maximum absolute atomic E-state index is 14.6. The summed E-state index contributed by atoms with van der Waals surface area (Å²) in [4.78, 5) is 20.7. The average Bonchev–Trinajstić information content (AvgIpc) is 3.35. The number of halogens is 1. The minimum atomic E-state index is -0.294. The lowest BCUT2D eigenvalue weighted by Gasteiger charge is -2.16. The molecule has 1 aliphatic rings. The smallest absolute Gasteiger partial charge is 0.267 e. The first-order chi connectivity index (χ1) is 17.9. The quantitative estimate of drug-likeness (QED) is 0.261. The first-order valence-electron chi connectivity index (χ1n) is 11.9. The van der Waals surface area contributed by atoms with Gasteiger partial charge in [0.15, 0.2) is 5.17 Å². The van der Waals surface area contributed by atoms with Gasteiger partial charge in [0.05, 0.1) is 29.9 Å². The van der Waals surface area contributed by atoms with Crippen molar-refractivity contribution in [3.05, 3.63) is 118 Å². The Morgan fingerprint density at radius 3 is 2.38 bits per heavy atom. The van der Waals surface area contributed by atoms with Crippen LogP contribution < -0.4 is 4.74 Å². The van der Waals surface area contributed by atoms with Gasteiger partial charge in [-0.3, -0.25) is 9.69 Å². The number of para-hydroxylation sites is 2. The molecule has 1 aliphatic heterocycles. The summed E-state index contributed by atoms with van der Waals surface area (Å²) in [6.07, 6.45) is 1.88. The largest absolute Gasteiger partial charge is 0.497 e. The van der Waals surface area contributed by atoms with Crippen LogP contribution in [0.1, 0.15) is 22.5 Å². The van der Waals surface area contributed by atoms with E-state index in [1.54, 1.807) is 24.1 Å². The molecule has 0 N–H and O–H groups in total. The van der Waals surface area contributed by atoms with Crippen LogP contribution in [-0.4, -0.2) is 27.7 Å². The van der Waals surface area contributed by atoms with Crippen molar-refractivity contribution in [2.75, 3.05) is 7.11 Å². The zero-order valence-corrected chi connectivity index (χ0v) is 21.6. The highest BCUT2D eigenvalue weighted by Gasteiger charge is 2.34. The van der Waals surface area contributed by atoms with E-state index in [9.17, 15) is 9.18 Å². The van der Waals surface area contributed by atoms with Crippen molar-refractivity contribution in [2.24, 2.45) is 4.99 Å². The molecule has 7 heteroatoms. The second-order valence-electron chi connectivity index (χ2n) is 8.69. The van der Waals surface area contributed by atoms with Gasteiger partial charge in [-0.2, -0.15) is 0 Å². The summed E-state index contributed by atoms with van der Waals surface area (Å²) in [5, 5.41) is 0.612. The number of aryl methyl sites for hydroxylation is 1. The van der Waals surface area contributed by atoms with E-state index in [1.165, 1.54) is 17.8 Å². The number of carbonyl (C=O) groups is 1. The molecule has 0 saturated carbocycles. The van der Waals surface area contributed by atoms with Crippen molar-refractivity contribution in [3.63, 3.8) is 0 Å². The number of nitrogens with zero attached hydrogens (tertiary/aromatic N) is 3. The summed E-state index contributed by atoms with van der Waals surface area (Å²) in [5.41, 5.74) is 4.84. The van der Waals surface area contributed by atoms with E-state index in [1.807, 2.05) is 91.2 Å². The van der Waals surface area contributed by atoms with Gasteiger partial charge < -0.3 is 9.30 Å². The van der Waals surface area contributed by atoms with E-state index in [0.717, 1.165) is 34.0 Å². The molecule has 186 valence electrons. The maximum Gasteiger partial charge on any atom is 0.267 e. The summed E-state index contributed by atoms with van der Waals surface area (Å²) in [7, 11) is 1.63. The van der Waals surface area contributed by atoms with Crippen molar-refractivity contribution in [1.29, 1.82) is 0 Å². The van der Waals surface area contributed by atoms with E-state index in [4.69, 9.17) is 9.73 Å². The molecule has 0 aliphatic carbocycles. The number of aliphatic imine (C=N–C) groups is 1. The normalized spacial score (nSPS) is 15.7. The van der Waals surface area contributed by atoms with Gasteiger partial charge in [-0.05, 0) is 85.3 Å². The van der Waals surface area contributed by atoms with Crippen molar-refractivity contribution < 1.29 is 13.9 Å². The van der Waals surface area contributed by atoms with Crippen molar-refractivity contribution in [1.82, 2.24) is 9.47 Å². The maximum atomic E-state index is 14.6. The van der Waals surface area contributed by atoms with Gasteiger partial charge in [0.1, 0.15) is 11.6 Å². The van der Waals surface area contributed by atoms with E-state index in [-0.39, 0.29) is 11.7 Å². The molecule has 37 heavy (non-hydrogen) atoms. The Kier molecular flexibility index (Phi) is 6.97. The number of carbonyl (C=O) groups excluding carboxylic acids is 1. The molecule has 4 aromatic rings. The number of ether oxygens (including phenoxy) is 1. The number of aromatic nitrogens is 1. The molecule has 3 aromatic carbocycles. The van der Waals surface area contributed by atoms with Crippen LogP contribution in [0.3, 0.4) is 0 Å². The third-order valence-corrected chi connectivity index (χ3v) is 7.23. The van der Waals surface area contributed by atoms with Gasteiger partial charge in [-0.1, -0.05) is 42.5 Å². The number of hydrogen-bond acceptors (Lipinski definition) is 4. The second-order valence-corrected chi connectivity index (χ2v) is 9.70. The lowest BCUT2D eigenvalue weighted by molar-refractivity contribution is -0.122. The number of methoxy groups -OCH3 is 1. The molecule has 0 spiro atoms. The van der Waals surface area contributed by atoms with Gasteiger partial charge in [0.25, 0.3) is 5.91 Å². The first-order valence-corrected chi connectivity index (χ1v) is 12.7. The molecule has 0 unspecified atom stereocenters. The Hall–Kier alpha value is -4.10. The Bertz CT molecular complexity index is 1510. The van der Waals surface area contributed by atoms with Gasteiger partial charge in [-0.15, -0.1) is 0 Å². The van der Waals surface area contributed by atoms with Crippen molar-refractivity contribution >= 4 is 34.6 Å². The number of thioether (sulfide) groups is 1. The molecule has 5 rings (SSSR count). The Morgan fingerprint density at radius 1 is 0.973 bits per heavy atom. The number of amides is 1. The van der Waals surface area contributed by atoms with Crippen LogP contribution in [0.5, 0.6) is 5.75 Å². The summed E-state index contributed by atoms with van der Waals surface area (Å²) in [6, 6.07) is 25.9. The molecule has 1 fully saturated rings. The van der Waals surface area contributed by atoms with Crippen LogP contribution in [0.4, 0.5) is 10.1 Å². The number of amidine groups is 1. The standard InChI is InChI=1S/C30H26FN3O2S/c1-20-17-23(21(2)34(20)27-12-8-7-11-26(27)31)18-28-29(35)33(19-22-13-15-25(36-3)16-14-22)30(37-28)32-24-9-5-4-6-10-24/h4-18H,19H2,1-3H3/b28-18-,32-30?. The SMILES string of the molecule is COc1ccc(CN2C(=O)/C(=C/c3cc(C)n(-c4ccccc4F)c3C)SC2=Nc2ccccc2)cc1. The Balaban J connectivity index is 1.52. The third kappa shape index (κ3) is 5.08.